The largest absolute Gasteiger partial charge is 0.395 e. The maximum Gasteiger partial charge on any atom is 0.263 e. The van der Waals surface area contributed by atoms with E-state index in [1.165, 1.54) is 11.3 Å². The van der Waals surface area contributed by atoms with Crippen molar-refractivity contribution in [3.63, 3.8) is 0 Å². The van der Waals surface area contributed by atoms with Crippen molar-refractivity contribution in [3.05, 3.63) is 21.4 Å². The normalized spacial score (nSPS) is 12.0. The number of aliphatic hydroxyl groups excluding tert-OH is 1. The number of thiophene rings is 1. The summed E-state index contributed by atoms with van der Waals surface area (Å²) in [4.78, 5) is 16.0. The van der Waals surface area contributed by atoms with E-state index in [2.05, 4.69) is 32.6 Å². The van der Waals surface area contributed by atoms with Crippen molar-refractivity contribution in [3.8, 4) is 11.8 Å². The Morgan fingerprint density at radius 1 is 1.43 bits per heavy atom. The molecule has 1 rings (SSSR count). The summed E-state index contributed by atoms with van der Waals surface area (Å²) in [5.41, 5.74) is 1.03. The molecule has 0 spiro atoms. The molecule has 0 radical (unpaired) electrons. The van der Waals surface area contributed by atoms with Gasteiger partial charge in [-0.05, 0) is 37.8 Å². The predicted octanol–water partition coefficient (Wildman–Crippen LogP) is 3.30. The van der Waals surface area contributed by atoms with Gasteiger partial charge in [-0.3, -0.25) is 4.79 Å². The molecule has 1 heterocycles. The molecule has 0 aliphatic carbocycles. The Bertz CT molecular complexity index is 537. The van der Waals surface area contributed by atoms with E-state index in [0.29, 0.717) is 12.3 Å². The Labute approximate surface area is 132 Å². The van der Waals surface area contributed by atoms with Crippen molar-refractivity contribution in [2.75, 3.05) is 13.7 Å². The average molecular weight is 307 g/mol. The first-order valence-corrected chi connectivity index (χ1v) is 8.15. The summed E-state index contributed by atoms with van der Waals surface area (Å²) in [5.74, 6) is 6.57. The number of nitrogens with zero attached hydrogens (tertiary/aromatic N) is 1. The minimum absolute atomic E-state index is 0.0615. The van der Waals surface area contributed by atoms with Gasteiger partial charge in [0.15, 0.2) is 0 Å². The van der Waals surface area contributed by atoms with Gasteiger partial charge in [-0.15, -0.1) is 11.3 Å². The molecule has 1 aromatic heterocycles. The molecular weight excluding hydrogens is 282 g/mol. The lowest BCUT2D eigenvalue weighted by molar-refractivity contribution is 0.0733. The van der Waals surface area contributed by atoms with Crippen molar-refractivity contribution >= 4 is 17.2 Å². The van der Waals surface area contributed by atoms with Crippen LogP contribution >= 0.6 is 11.3 Å². The van der Waals surface area contributed by atoms with Gasteiger partial charge < -0.3 is 10.0 Å². The number of hydrogen-bond donors (Lipinski definition) is 1. The summed E-state index contributed by atoms with van der Waals surface area (Å²) in [6, 6.07) is 2.14. The van der Waals surface area contributed by atoms with Crippen molar-refractivity contribution < 1.29 is 9.90 Å². The number of amides is 1. The molecule has 4 heteroatoms. The Balaban J connectivity index is 2.84. The summed E-state index contributed by atoms with van der Waals surface area (Å²) >= 11 is 1.44. The monoisotopic (exact) mass is 307 g/mol. The second-order valence-electron chi connectivity index (χ2n) is 5.79. The highest BCUT2D eigenvalue weighted by atomic mass is 32.1. The third-order valence-electron chi connectivity index (χ3n) is 3.36. The van der Waals surface area contributed by atoms with Crippen LogP contribution in [0.3, 0.4) is 0 Å². The van der Waals surface area contributed by atoms with Crippen molar-refractivity contribution in [2.45, 2.75) is 46.6 Å². The van der Waals surface area contributed by atoms with E-state index >= 15 is 0 Å². The van der Waals surface area contributed by atoms with E-state index in [-0.39, 0.29) is 18.6 Å². The Morgan fingerprint density at radius 2 is 2.10 bits per heavy atom. The van der Waals surface area contributed by atoms with Crippen LogP contribution in [-0.4, -0.2) is 35.6 Å². The van der Waals surface area contributed by atoms with Crippen molar-refractivity contribution in [1.82, 2.24) is 4.90 Å². The summed E-state index contributed by atoms with van der Waals surface area (Å²) < 4.78 is 0. The molecule has 3 nitrogen and oxygen atoms in total. The SMILES string of the molecule is Cc1cc(C(=O)N(C)C(C)CC(C)C)sc1C#CCCO. The molecular formula is C17H25NO2S. The first-order chi connectivity index (χ1) is 9.86. The fraction of sp³-hybridized carbons (Fsp3) is 0.588. The number of carbonyl (C=O) groups is 1. The lowest BCUT2D eigenvalue weighted by Gasteiger charge is -2.25. The van der Waals surface area contributed by atoms with Crippen molar-refractivity contribution in [2.24, 2.45) is 5.92 Å². The van der Waals surface area contributed by atoms with E-state index in [1.54, 1.807) is 0 Å². The van der Waals surface area contributed by atoms with Crippen LogP contribution in [0.2, 0.25) is 0 Å². The molecule has 0 saturated carbocycles. The van der Waals surface area contributed by atoms with Crippen LogP contribution in [0.1, 0.15) is 53.7 Å². The quantitative estimate of drug-likeness (QED) is 0.848. The maximum atomic E-state index is 12.5. The molecule has 1 atom stereocenters. The minimum atomic E-state index is 0.0615. The second-order valence-corrected chi connectivity index (χ2v) is 6.84. The van der Waals surface area contributed by atoms with Crippen LogP contribution in [-0.2, 0) is 0 Å². The van der Waals surface area contributed by atoms with Gasteiger partial charge in [0.25, 0.3) is 5.91 Å². The Morgan fingerprint density at radius 3 is 2.67 bits per heavy atom. The number of aliphatic hydroxyl groups is 1. The highest BCUT2D eigenvalue weighted by Gasteiger charge is 2.20. The molecule has 1 unspecified atom stereocenters. The van der Waals surface area contributed by atoms with Crippen LogP contribution < -0.4 is 0 Å². The standard InChI is InChI=1S/C17H25NO2S/c1-12(2)10-14(4)18(5)17(20)16-11-13(3)15(21-16)8-6-7-9-19/h11-12,14,19H,7,9-10H2,1-5H3. The van der Waals surface area contributed by atoms with Gasteiger partial charge in [-0.1, -0.05) is 25.7 Å². The van der Waals surface area contributed by atoms with Gasteiger partial charge >= 0.3 is 0 Å². The van der Waals surface area contributed by atoms with Gasteiger partial charge in [-0.2, -0.15) is 0 Å². The number of aryl methyl sites for hydroxylation is 1. The van der Waals surface area contributed by atoms with Crippen molar-refractivity contribution in [1.29, 1.82) is 0 Å². The third-order valence-corrected chi connectivity index (χ3v) is 4.50. The zero-order valence-electron chi connectivity index (χ0n) is 13.6. The molecule has 0 aliphatic rings. The fourth-order valence-corrected chi connectivity index (χ4v) is 3.15. The van der Waals surface area contributed by atoms with Crippen LogP contribution in [0, 0.1) is 24.7 Å². The topological polar surface area (TPSA) is 40.5 Å². The smallest absolute Gasteiger partial charge is 0.263 e. The highest BCUT2D eigenvalue weighted by molar-refractivity contribution is 7.14. The highest BCUT2D eigenvalue weighted by Crippen LogP contribution is 2.23. The maximum absolute atomic E-state index is 12.5. The van der Waals surface area contributed by atoms with Crippen LogP contribution in [0.4, 0.5) is 0 Å². The van der Waals surface area contributed by atoms with E-state index in [9.17, 15) is 4.79 Å². The minimum Gasteiger partial charge on any atom is -0.395 e. The lowest BCUT2D eigenvalue weighted by atomic mass is 10.0. The molecule has 0 bridgehead atoms. The van der Waals surface area contributed by atoms with E-state index in [4.69, 9.17) is 5.11 Å². The molecule has 1 aromatic rings. The Kier molecular flexibility index (Phi) is 6.94. The summed E-state index contributed by atoms with van der Waals surface area (Å²) in [6.07, 6.45) is 1.46. The molecule has 0 saturated heterocycles. The molecule has 0 fully saturated rings. The average Bonchev–Trinajstić information content (AvgIpc) is 2.78. The first kappa shape index (κ1) is 17.7. The van der Waals surface area contributed by atoms with Crippen LogP contribution in [0.5, 0.6) is 0 Å². The Hall–Kier alpha value is -1.31. The zero-order chi connectivity index (χ0) is 16.0. The number of rotatable bonds is 5. The van der Waals surface area contributed by atoms with Gasteiger partial charge in [-0.25, -0.2) is 0 Å². The molecule has 1 N–H and O–H groups in total. The van der Waals surface area contributed by atoms with Gasteiger partial charge in [0, 0.05) is 19.5 Å². The zero-order valence-corrected chi connectivity index (χ0v) is 14.4. The number of hydrogen-bond acceptors (Lipinski definition) is 3. The summed E-state index contributed by atoms with van der Waals surface area (Å²) in [7, 11) is 1.86. The third kappa shape index (κ3) is 5.18. The van der Waals surface area contributed by atoms with Gasteiger partial charge in [0.2, 0.25) is 0 Å². The van der Waals surface area contributed by atoms with E-state index in [1.807, 2.05) is 24.9 Å². The summed E-state index contributed by atoms with van der Waals surface area (Å²) in [6.45, 7) is 8.45. The van der Waals surface area contributed by atoms with Crippen LogP contribution in [0.25, 0.3) is 0 Å². The van der Waals surface area contributed by atoms with E-state index in [0.717, 1.165) is 21.7 Å². The molecule has 0 aliphatic heterocycles. The van der Waals surface area contributed by atoms with Crippen LogP contribution in [0.15, 0.2) is 6.07 Å². The lowest BCUT2D eigenvalue weighted by Crippen LogP contribution is -2.35. The number of carbonyl (C=O) groups excluding carboxylic acids is 1. The predicted molar refractivity (Wildman–Crippen MR) is 88.6 cm³/mol. The van der Waals surface area contributed by atoms with Gasteiger partial charge in [0.05, 0.1) is 16.4 Å². The molecule has 21 heavy (non-hydrogen) atoms. The molecule has 0 aromatic carbocycles. The van der Waals surface area contributed by atoms with Gasteiger partial charge in [0.1, 0.15) is 0 Å². The fourth-order valence-electron chi connectivity index (χ4n) is 2.12. The summed E-state index contributed by atoms with van der Waals surface area (Å²) in [5, 5.41) is 8.75. The van der Waals surface area contributed by atoms with E-state index < -0.39 is 0 Å². The second kappa shape index (κ2) is 8.21. The molecule has 1 amide bonds. The molecule has 116 valence electrons. The first-order valence-electron chi connectivity index (χ1n) is 7.34.